The van der Waals surface area contributed by atoms with Crippen molar-refractivity contribution >= 4 is 34.6 Å². The molecule has 0 unspecified atom stereocenters. The first-order chi connectivity index (χ1) is 20.6. The molecule has 2 fully saturated rings. The Kier molecular flexibility index (Phi) is 7.30. The Bertz CT molecular complexity index is 1640. The van der Waals surface area contributed by atoms with E-state index < -0.39 is 18.3 Å². The van der Waals surface area contributed by atoms with Crippen LogP contribution in [0.15, 0.2) is 43.1 Å². The Labute approximate surface area is 244 Å². The van der Waals surface area contributed by atoms with Crippen molar-refractivity contribution in [3.05, 3.63) is 43.1 Å². The molecule has 6 heterocycles. The largest absolute Gasteiger partial charge is 0.405 e. The van der Waals surface area contributed by atoms with E-state index in [0.29, 0.717) is 43.5 Å². The monoisotopic (exact) mass is 597 g/mol. The summed E-state index contributed by atoms with van der Waals surface area (Å²) in [4.78, 5) is 23.4. The molecule has 2 N–H and O–H groups in total. The number of hydrogen-bond donors (Lipinski definition) is 2. The van der Waals surface area contributed by atoms with E-state index in [0.717, 1.165) is 18.8 Å². The van der Waals surface area contributed by atoms with Gasteiger partial charge in [0, 0.05) is 57.9 Å². The fraction of sp³-hybridized carbons (Fsp3) is 0.462. The number of piperazine rings is 1. The third kappa shape index (κ3) is 6.04. The van der Waals surface area contributed by atoms with E-state index in [1.807, 2.05) is 29.0 Å². The molecule has 0 spiro atoms. The first kappa shape index (κ1) is 28.3. The molecule has 6 rings (SSSR count). The fourth-order valence-corrected chi connectivity index (χ4v) is 5.33. The summed E-state index contributed by atoms with van der Waals surface area (Å²) in [7, 11) is 2.04. The first-order valence-corrected chi connectivity index (χ1v) is 13.7. The van der Waals surface area contributed by atoms with Crippen LogP contribution in [-0.2, 0) is 16.9 Å². The Morgan fingerprint density at radius 3 is 2.63 bits per heavy atom. The molecule has 0 aliphatic carbocycles. The summed E-state index contributed by atoms with van der Waals surface area (Å²) >= 11 is 0. The van der Waals surface area contributed by atoms with Gasteiger partial charge in [0.25, 0.3) is 0 Å². The van der Waals surface area contributed by atoms with Crippen LogP contribution in [0.1, 0.15) is 6.42 Å². The Balaban J connectivity index is 1.12. The lowest BCUT2D eigenvalue weighted by Gasteiger charge is -2.50. The number of alkyl halides is 3. The normalized spacial score (nSPS) is 17.1. The molecular formula is C26H30F3N13O. The number of amides is 1. The summed E-state index contributed by atoms with van der Waals surface area (Å²) in [6.45, 7) is 2.89. The Hall–Kier alpha value is -4.85. The number of pyridine rings is 1. The summed E-state index contributed by atoms with van der Waals surface area (Å²) < 4.78 is 42.6. The van der Waals surface area contributed by atoms with Crippen LogP contribution in [-0.4, -0.2) is 109 Å². The van der Waals surface area contributed by atoms with E-state index in [-0.39, 0.29) is 24.6 Å². The van der Waals surface area contributed by atoms with Gasteiger partial charge >= 0.3 is 6.18 Å². The van der Waals surface area contributed by atoms with E-state index in [4.69, 9.17) is 0 Å². The number of likely N-dealkylation sites (N-methyl/N-ethyl adjacent to an activating group) is 1. The average molecular weight is 598 g/mol. The second-order valence-corrected chi connectivity index (χ2v) is 10.9. The van der Waals surface area contributed by atoms with Crippen molar-refractivity contribution in [1.82, 2.24) is 44.0 Å². The molecule has 1 amide bonds. The number of fused-ring (bicyclic) bond motifs is 1. The first-order valence-electron chi connectivity index (χ1n) is 13.7. The molecule has 4 aromatic rings. The van der Waals surface area contributed by atoms with E-state index >= 15 is 0 Å². The summed E-state index contributed by atoms with van der Waals surface area (Å²) in [5.74, 6) is 0.359. The molecule has 2 saturated heterocycles. The highest BCUT2D eigenvalue weighted by Gasteiger charge is 2.46. The third-order valence-electron chi connectivity index (χ3n) is 7.67. The summed E-state index contributed by atoms with van der Waals surface area (Å²) in [5, 5.41) is 28.0. The van der Waals surface area contributed by atoms with Crippen LogP contribution < -0.4 is 15.5 Å². The number of nitrogens with one attached hydrogen (secondary N) is 2. The number of anilines is 4. The van der Waals surface area contributed by atoms with Gasteiger partial charge in [-0.15, -0.1) is 5.10 Å². The van der Waals surface area contributed by atoms with Gasteiger partial charge in [-0.1, -0.05) is 0 Å². The maximum atomic E-state index is 12.7. The predicted octanol–water partition coefficient (Wildman–Crippen LogP) is 1.74. The zero-order valence-electron chi connectivity index (χ0n) is 23.4. The van der Waals surface area contributed by atoms with Crippen molar-refractivity contribution in [2.75, 3.05) is 68.4 Å². The zero-order valence-corrected chi connectivity index (χ0v) is 23.4. The van der Waals surface area contributed by atoms with Crippen molar-refractivity contribution < 1.29 is 18.0 Å². The van der Waals surface area contributed by atoms with E-state index in [9.17, 15) is 23.2 Å². The number of aromatic nitrogens is 7. The van der Waals surface area contributed by atoms with Gasteiger partial charge in [0.1, 0.15) is 18.6 Å². The van der Waals surface area contributed by atoms with Gasteiger partial charge in [0.05, 0.1) is 41.9 Å². The summed E-state index contributed by atoms with van der Waals surface area (Å²) in [5.41, 5.74) is 1.54. The van der Waals surface area contributed by atoms with Crippen molar-refractivity contribution in [3.63, 3.8) is 0 Å². The Morgan fingerprint density at radius 1 is 1.12 bits per heavy atom. The van der Waals surface area contributed by atoms with Gasteiger partial charge in [0.2, 0.25) is 11.9 Å². The van der Waals surface area contributed by atoms with Crippen molar-refractivity contribution in [1.29, 1.82) is 5.26 Å². The number of hydrogen-bond acceptors (Lipinski definition) is 10. The molecular weight excluding hydrogens is 567 g/mol. The Morgan fingerprint density at radius 2 is 1.88 bits per heavy atom. The average Bonchev–Trinajstić information content (AvgIpc) is 3.69. The zero-order chi connectivity index (χ0) is 30.2. The van der Waals surface area contributed by atoms with Gasteiger partial charge in [-0.3, -0.25) is 14.2 Å². The molecule has 14 nitrogen and oxygen atoms in total. The SMILES string of the molecule is CN1CCN(C(=O)Cn2cc(Nc3nc4c(N5CC(CC#N)(n6cc(NCC(F)(F)F)cn6)C5)cccn4n3)cn2)CC1. The van der Waals surface area contributed by atoms with Crippen LogP contribution in [0.5, 0.6) is 0 Å². The van der Waals surface area contributed by atoms with Crippen LogP contribution in [0, 0.1) is 11.3 Å². The van der Waals surface area contributed by atoms with Crippen molar-refractivity contribution in [2.24, 2.45) is 0 Å². The molecule has 0 saturated carbocycles. The summed E-state index contributed by atoms with van der Waals surface area (Å²) in [6.07, 6.45) is 3.71. The van der Waals surface area contributed by atoms with E-state index in [1.165, 1.54) is 12.4 Å². The van der Waals surface area contributed by atoms with Crippen LogP contribution in [0.3, 0.4) is 0 Å². The van der Waals surface area contributed by atoms with Crippen LogP contribution in [0.25, 0.3) is 5.65 Å². The number of nitriles is 1. The number of carbonyl (C=O) groups excluding carboxylic acids is 1. The minimum Gasteiger partial charge on any atom is -0.374 e. The fourth-order valence-electron chi connectivity index (χ4n) is 5.33. The molecule has 0 aromatic carbocycles. The van der Waals surface area contributed by atoms with Crippen LogP contribution in [0.4, 0.5) is 36.2 Å². The molecule has 17 heteroatoms. The van der Waals surface area contributed by atoms with Crippen LogP contribution in [0.2, 0.25) is 0 Å². The standard InChI is InChI=1S/C26H30F3N13O/c1-37-7-9-38(10-8-37)22(43)15-40-13-20(12-32-40)34-24-35-23-21(3-2-6-41(23)36-24)39-17-25(18-39,4-5-30)42-14-19(11-33-42)31-16-26(27,28)29/h2-3,6,11-14,31H,4,7-10,15-18H2,1H3,(H,34,36). The van der Waals surface area contributed by atoms with Gasteiger partial charge < -0.3 is 25.3 Å². The lowest BCUT2D eigenvalue weighted by Crippen LogP contribution is -2.63. The highest BCUT2D eigenvalue weighted by atomic mass is 19.4. The molecule has 0 radical (unpaired) electrons. The highest BCUT2D eigenvalue weighted by molar-refractivity contribution is 5.76. The lowest BCUT2D eigenvalue weighted by atomic mass is 9.86. The third-order valence-corrected chi connectivity index (χ3v) is 7.67. The van der Waals surface area contributed by atoms with Gasteiger partial charge in [0.15, 0.2) is 5.65 Å². The van der Waals surface area contributed by atoms with Crippen molar-refractivity contribution in [3.8, 4) is 6.07 Å². The second kappa shape index (κ2) is 11.1. The van der Waals surface area contributed by atoms with Gasteiger partial charge in [-0.25, -0.2) is 4.52 Å². The lowest BCUT2D eigenvalue weighted by molar-refractivity contribution is -0.133. The number of nitrogens with zero attached hydrogens (tertiary/aromatic N) is 11. The molecule has 43 heavy (non-hydrogen) atoms. The smallest absolute Gasteiger partial charge is 0.374 e. The minimum atomic E-state index is -4.35. The van der Waals surface area contributed by atoms with E-state index in [1.54, 1.807) is 32.5 Å². The van der Waals surface area contributed by atoms with Gasteiger partial charge in [-0.05, 0) is 19.2 Å². The second-order valence-electron chi connectivity index (χ2n) is 10.9. The van der Waals surface area contributed by atoms with Crippen LogP contribution >= 0.6 is 0 Å². The summed E-state index contributed by atoms with van der Waals surface area (Å²) in [6, 6.07) is 5.91. The number of halogens is 3. The molecule has 0 bridgehead atoms. The van der Waals surface area contributed by atoms with Crippen molar-refractivity contribution in [2.45, 2.75) is 24.7 Å². The topological polar surface area (TPSA) is 140 Å². The van der Waals surface area contributed by atoms with E-state index in [2.05, 4.69) is 41.9 Å². The molecule has 2 aliphatic heterocycles. The number of rotatable bonds is 9. The molecule has 0 atom stereocenters. The number of carbonyl (C=O) groups is 1. The highest BCUT2D eigenvalue weighted by Crippen LogP contribution is 2.38. The maximum absolute atomic E-state index is 12.7. The molecule has 226 valence electrons. The minimum absolute atomic E-state index is 0.0178. The van der Waals surface area contributed by atoms with Gasteiger partial charge in [-0.2, -0.15) is 33.6 Å². The molecule has 2 aliphatic rings. The molecule has 4 aromatic heterocycles. The predicted molar refractivity (Wildman–Crippen MR) is 150 cm³/mol. The maximum Gasteiger partial charge on any atom is 0.405 e. The quantitative estimate of drug-likeness (QED) is 0.293.